The number of ether oxygens (including phenoxy) is 2. The van der Waals surface area contributed by atoms with E-state index < -0.39 is 21.1 Å². The van der Waals surface area contributed by atoms with Gasteiger partial charge in [0.1, 0.15) is 11.5 Å². The van der Waals surface area contributed by atoms with E-state index in [-0.39, 0.29) is 11.7 Å². The predicted octanol–water partition coefficient (Wildman–Crippen LogP) is 3.80. The number of ketones is 1. The van der Waals surface area contributed by atoms with Crippen molar-refractivity contribution in [1.82, 2.24) is 0 Å². The maximum absolute atomic E-state index is 13.4. The quantitative estimate of drug-likeness (QED) is 0.767. The van der Waals surface area contributed by atoms with Crippen molar-refractivity contribution >= 4 is 33.3 Å². The van der Waals surface area contributed by atoms with Crippen LogP contribution in [0, 0.1) is 16.2 Å². The Balaban J connectivity index is 1.98. The van der Waals surface area contributed by atoms with E-state index in [4.69, 9.17) is 9.47 Å². The summed E-state index contributed by atoms with van der Waals surface area (Å²) in [5.74, 6) is 1.16. The van der Waals surface area contributed by atoms with Crippen molar-refractivity contribution in [1.29, 1.82) is 0 Å². The number of rotatable bonds is 4. The Hall–Kier alpha value is -1.56. The molecule has 5 nitrogen and oxygen atoms in total. The number of nitrogens with one attached hydrogen (secondary N) is 1. The number of methoxy groups -OCH3 is 2. The highest BCUT2D eigenvalue weighted by atomic mass is 79.9. The summed E-state index contributed by atoms with van der Waals surface area (Å²) in [4.78, 5) is 25.7. The molecule has 2 aliphatic carbocycles. The maximum atomic E-state index is 13.4. The first-order valence-electron chi connectivity index (χ1n) is 8.37. The molecule has 2 bridgehead atoms. The van der Waals surface area contributed by atoms with Crippen LogP contribution in [0.4, 0.5) is 5.69 Å². The molecule has 0 aliphatic heterocycles. The molecule has 0 aromatic heterocycles. The van der Waals surface area contributed by atoms with E-state index in [9.17, 15) is 9.59 Å². The van der Waals surface area contributed by atoms with E-state index in [1.54, 1.807) is 32.4 Å². The van der Waals surface area contributed by atoms with Gasteiger partial charge in [0.2, 0.25) is 5.91 Å². The van der Waals surface area contributed by atoms with Crippen LogP contribution in [0.3, 0.4) is 0 Å². The second-order valence-corrected chi connectivity index (χ2v) is 8.59. The Morgan fingerprint density at radius 1 is 1.20 bits per heavy atom. The SMILES string of the molecule is COc1ccc(NC(=O)[C@@]23CC[C@@](C)(C(=O)[C@H]2Br)C3(C)C)c(OC)c1. The zero-order valence-corrected chi connectivity index (χ0v) is 16.8. The van der Waals surface area contributed by atoms with Crippen LogP contribution in [-0.2, 0) is 9.59 Å². The van der Waals surface area contributed by atoms with Gasteiger partial charge in [-0.2, -0.15) is 0 Å². The zero-order valence-electron chi connectivity index (χ0n) is 15.2. The molecule has 6 heteroatoms. The first kappa shape index (κ1) is 18.2. The molecular formula is C19H24BrNO4. The normalized spacial score (nSPS) is 32.6. The fourth-order valence-corrected chi connectivity index (χ4v) is 6.11. The second kappa shape index (κ2) is 5.73. The molecule has 1 aromatic rings. The van der Waals surface area contributed by atoms with Crippen LogP contribution in [-0.4, -0.2) is 30.7 Å². The van der Waals surface area contributed by atoms with Gasteiger partial charge in [0, 0.05) is 11.5 Å². The highest BCUT2D eigenvalue weighted by Crippen LogP contribution is 2.72. The number of amides is 1. The smallest absolute Gasteiger partial charge is 0.232 e. The van der Waals surface area contributed by atoms with Gasteiger partial charge >= 0.3 is 0 Å². The summed E-state index contributed by atoms with van der Waals surface area (Å²) in [7, 11) is 3.12. The van der Waals surface area contributed by atoms with Crippen LogP contribution < -0.4 is 14.8 Å². The minimum Gasteiger partial charge on any atom is -0.497 e. The van der Waals surface area contributed by atoms with Gasteiger partial charge in [-0.05, 0) is 30.4 Å². The van der Waals surface area contributed by atoms with Gasteiger partial charge in [0.25, 0.3) is 0 Å². The van der Waals surface area contributed by atoms with Crippen molar-refractivity contribution in [2.24, 2.45) is 16.2 Å². The Bertz CT molecular complexity index is 747. The van der Waals surface area contributed by atoms with Crippen molar-refractivity contribution in [2.75, 3.05) is 19.5 Å². The maximum Gasteiger partial charge on any atom is 0.232 e. The summed E-state index contributed by atoms with van der Waals surface area (Å²) in [5.41, 5.74) is -1.12. The third kappa shape index (κ3) is 2.12. The van der Waals surface area contributed by atoms with Crippen LogP contribution >= 0.6 is 15.9 Å². The standard InChI is InChI=1S/C19H24BrNO4/c1-17(2)18(3)8-9-19(17,14(20)15(18)22)16(23)21-12-7-6-11(24-4)10-13(12)25-5/h6-7,10,14H,8-9H2,1-5H3,(H,21,23)/t14-,18+,19-/m1/s1. The van der Waals surface area contributed by atoms with E-state index in [1.165, 1.54) is 0 Å². The van der Waals surface area contributed by atoms with Crippen LogP contribution in [0.1, 0.15) is 33.6 Å². The minimum absolute atomic E-state index is 0.126. The molecule has 0 radical (unpaired) electrons. The molecule has 3 atom stereocenters. The molecule has 3 rings (SSSR count). The summed E-state index contributed by atoms with van der Waals surface area (Å²) < 4.78 is 10.6. The first-order valence-corrected chi connectivity index (χ1v) is 9.29. The van der Waals surface area contributed by atoms with E-state index >= 15 is 0 Å². The van der Waals surface area contributed by atoms with E-state index in [2.05, 4.69) is 21.2 Å². The van der Waals surface area contributed by atoms with Gasteiger partial charge in [-0.3, -0.25) is 9.59 Å². The van der Waals surface area contributed by atoms with Gasteiger partial charge in [-0.25, -0.2) is 0 Å². The summed E-state index contributed by atoms with van der Waals surface area (Å²) >= 11 is 3.54. The minimum atomic E-state index is -0.774. The van der Waals surface area contributed by atoms with Gasteiger partial charge in [-0.15, -0.1) is 0 Å². The largest absolute Gasteiger partial charge is 0.497 e. The Kier molecular flexibility index (Phi) is 4.18. The van der Waals surface area contributed by atoms with Gasteiger partial charge in [-0.1, -0.05) is 36.7 Å². The molecule has 0 unspecified atom stereocenters. The number of Topliss-reactive ketones (excluding diaryl/α,β-unsaturated/α-hetero) is 1. The topological polar surface area (TPSA) is 64.6 Å². The van der Waals surface area contributed by atoms with Crippen LogP contribution in [0.5, 0.6) is 11.5 Å². The monoisotopic (exact) mass is 409 g/mol. The summed E-state index contributed by atoms with van der Waals surface area (Å²) in [6, 6.07) is 5.25. The number of hydrogen-bond donors (Lipinski definition) is 1. The molecule has 1 aromatic carbocycles. The second-order valence-electron chi connectivity index (χ2n) is 7.68. The fourth-order valence-electron chi connectivity index (χ4n) is 4.59. The summed E-state index contributed by atoms with van der Waals surface area (Å²) in [6.45, 7) is 6.05. The van der Waals surface area contributed by atoms with Crippen LogP contribution in [0.25, 0.3) is 0 Å². The predicted molar refractivity (Wildman–Crippen MR) is 99.5 cm³/mol. The van der Waals surface area contributed by atoms with Gasteiger partial charge in [0.05, 0.1) is 30.1 Å². The third-order valence-corrected chi connectivity index (χ3v) is 7.98. The van der Waals surface area contributed by atoms with Crippen LogP contribution in [0.15, 0.2) is 18.2 Å². The number of hydrogen-bond acceptors (Lipinski definition) is 4. The number of halogens is 1. The van der Waals surface area contributed by atoms with E-state index in [0.29, 0.717) is 23.6 Å². The van der Waals surface area contributed by atoms with Crippen molar-refractivity contribution in [3.63, 3.8) is 0 Å². The van der Waals surface area contributed by atoms with Crippen molar-refractivity contribution in [2.45, 2.75) is 38.4 Å². The molecule has 2 fully saturated rings. The Morgan fingerprint density at radius 3 is 2.40 bits per heavy atom. The molecule has 136 valence electrons. The Morgan fingerprint density at radius 2 is 1.88 bits per heavy atom. The van der Waals surface area contributed by atoms with Crippen molar-refractivity contribution < 1.29 is 19.1 Å². The number of fused-ring (bicyclic) bond motifs is 2. The van der Waals surface area contributed by atoms with Gasteiger partial charge in [0.15, 0.2) is 5.78 Å². The van der Waals surface area contributed by atoms with E-state index in [0.717, 1.165) is 6.42 Å². The number of carbonyl (C=O) groups excluding carboxylic acids is 2. The molecule has 0 heterocycles. The lowest BCUT2D eigenvalue weighted by Gasteiger charge is -2.39. The molecule has 1 amide bonds. The number of benzene rings is 1. The fraction of sp³-hybridized carbons (Fsp3) is 0.579. The average molecular weight is 410 g/mol. The first-order chi connectivity index (χ1) is 11.7. The lowest BCUT2D eigenvalue weighted by atomic mass is 9.64. The van der Waals surface area contributed by atoms with Crippen molar-refractivity contribution in [3.8, 4) is 11.5 Å². The molecular weight excluding hydrogens is 386 g/mol. The molecule has 2 aliphatic rings. The zero-order chi connectivity index (χ0) is 18.6. The van der Waals surface area contributed by atoms with Crippen LogP contribution in [0.2, 0.25) is 0 Å². The Labute approximate surface area is 156 Å². The van der Waals surface area contributed by atoms with Gasteiger partial charge < -0.3 is 14.8 Å². The lowest BCUT2D eigenvalue weighted by molar-refractivity contribution is -0.130. The third-order valence-electron chi connectivity index (χ3n) is 6.78. The highest BCUT2D eigenvalue weighted by molar-refractivity contribution is 9.10. The summed E-state index contributed by atoms with van der Waals surface area (Å²) in [5, 5.41) is 3.00. The highest BCUT2D eigenvalue weighted by Gasteiger charge is 2.76. The molecule has 0 spiro atoms. The average Bonchev–Trinajstić information content (AvgIpc) is 2.87. The number of alkyl halides is 1. The molecule has 1 N–H and O–H groups in total. The molecule has 0 saturated heterocycles. The molecule has 2 saturated carbocycles. The number of carbonyl (C=O) groups is 2. The van der Waals surface area contributed by atoms with E-state index in [1.807, 2.05) is 20.8 Å². The molecule has 25 heavy (non-hydrogen) atoms. The number of anilines is 1. The lowest BCUT2D eigenvalue weighted by Crippen LogP contribution is -2.48. The van der Waals surface area contributed by atoms with Crippen molar-refractivity contribution in [3.05, 3.63) is 18.2 Å². The summed E-state index contributed by atoms with van der Waals surface area (Å²) in [6.07, 6.45) is 1.41.